The minimum absolute atomic E-state index is 0.123. The zero-order chi connectivity index (χ0) is 22.4. The Morgan fingerprint density at radius 3 is 2.48 bits per heavy atom. The summed E-state index contributed by atoms with van der Waals surface area (Å²) in [6.07, 6.45) is 1.47. The second-order valence-corrected chi connectivity index (χ2v) is 8.58. The van der Waals surface area contributed by atoms with Crippen LogP contribution in [-0.4, -0.2) is 79.2 Å². The highest BCUT2D eigenvalue weighted by molar-refractivity contribution is 5.98. The monoisotopic (exact) mass is 431 g/mol. The van der Waals surface area contributed by atoms with Gasteiger partial charge in [-0.2, -0.15) is 0 Å². The lowest BCUT2D eigenvalue weighted by molar-refractivity contribution is -0.144. The summed E-state index contributed by atoms with van der Waals surface area (Å²) in [6, 6.07) is 8.23. The highest BCUT2D eigenvalue weighted by atomic mass is 16.5. The molecule has 1 atom stereocenters. The van der Waals surface area contributed by atoms with Crippen LogP contribution in [0, 0.1) is 5.92 Å². The van der Waals surface area contributed by atoms with Crippen LogP contribution < -0.4 is 5.32 Å². The van der Waals surface area contributed by atoms with Crippen molar-refractivity contribution in [2.24, 2.45) is 5.92 Å². The first-order chi connectivity index (χ1) is 14.9. The molecule has 2 aliphatic rings. The molecule has 3 amide bonds. The Morgan fingerprint density at radius 2 is 1.87 bits per heavy atom. The second-order valence-electron chi connectivity index (χ2n) is 8.58. The van der Waals surface area contributed by atoms with E-state index in [9.17, 15) is 14.4 Å². The third kappa shape index (κ3) is 5.25. The number of hydrogen-bond donors (Lipinski definition) is 1. The van der Waals surface area contributed by atoms with Gasteiger partial charge in [0.15, 0.2) is 0 Å². The number of piperidine rings is 1. The van der Waals surface area contributed by atoms with Crippen molar-refractivity contribution in [1.82, 2.24) is 15.1 Å². The molecule has 2 fully saturated rings. The van der Waals surface area contributed by atoms with Gasteiger partial charge >= 0.3 is 0 Å². The minimum Gasteiger partial charge on any atom is -0.383 e. The summed E-state index contributed by atoms with van der Waals surface area (Å²) in [5.74, 6) is -0.0661. The molecular weight excluding hydrogens is 398 g/mol. The molecule has 0 radical (unpaired) electrons. The molecule has 1 spiro atoms. The van der Waals surface area contributed by atoms with E-state index in [2.05, 4.69) is 5.32 Å². The molecule has 2 aliphatic heterocycles. The molecule has 0 saturated carbocycles. The molecule has 0 aliphatic carbocycles. The fourth-order valence-corrected chi connectivity index (χ4v) is 4.26. The van der Waals surface area contributed by atoms with Gasteiger partial charge in [0, 0.05) is 51.6 Å². The van der Waals surface area contributed by atoms with E-state index in [0.29, 0.717) is 57.0 Å². The Bertz CT molecular complexity index is 775. The first-order valence-electron chi connectivity index (χ1n) is 10.9. The Hall–Kier alpha value is -2.45. The fourth-order valence-electron chi connectivity index (χ4n) is 4.26. The van der Waals surface area contributed by atoms with Crippen LogP contribution in [0.4, 0.5) is 0 Å². The maximum Gasteiger partial charge on any atom is 0.256 e. The number of hydrogen-bond acceptors (Lipinski definition) is 5. The number of nitrogens with zero attached hydrogens (tertiary/aromatic N) is 2. The van der Waals surface area contributed by atoms with Crippen LogP contribution in [0.1, 0.15) is 43.5 Å². The van der Waals surface area contributed by atoms with Crippen LogP contribution in [0.2, 0.25) is 0 Å². The van der Waals surface area contributed by atoms with Crippen molar-refractivity contribution < 1.29 is 23.9 Å². The van der Waals surface area contributed by atoms with Crippen molar-refractivity contribution >= 4 is 17.7 Å². The average Bonchev–Trinajstić information content (AvgIpc) is 3.12. The predicted molar refractivity (Wildman–Crippen MR) is 115 cm³/mol. The van der Waals surface area contributed by atoms with Crippen molar-refractivity contribution in [3.63, 3.8) is 0 Å². The van der Waals surface area contributed by atoms with Gasteiger partial charge in [-0.25, -0.2) is 0 Å². The van der Waals surface area contributed by atoms with E-state index < -0.39 is 11.8 Å². The zero-order valence-electron chi connectivity index (χ0n) is 18.6. The van der Waals surface area contributed by atoms with Crippen molar-refractivity contribution in [2.45, 2.75) is 44.9 Å². The second kappa shape index (κ2) is 10.2. The number of nitrogens with one attached hydrogen (secondary N) is 1. The number of amides is 3. The molecule has 8 nitrogen and oxygen atoms in total. The van der Waals surface area contributed by atoms with E-state index in [-0.39, 0.29) is 24.3 Å². The summed E-state index contributed by atoms with van der Waals surface area (Å²) < 4.78 is 11.2. The SMILES string of the molecule is COCCNC(=O)[C@H]1COC2(CCN(C(=O)CC(C)C)CC2)N1C(=O)c1ccccc1. The number of carbonyl (C=O) groups is 3. The van der Waals surface area contributed by atoms with Crippen molar-refractivity contribution in [1.29, 1.82) is 0 Å². The summed E-state index contributed by atoms with van der Waals surface area (Å²) in [6.45, 7) is 5.95. The molecule has 2 saturated heterocycles. The summed E-state index contributed by atoms with van der Waals surface area (Å²) in [7, 11) is 1.57. The lowest BCUT2D eigenvalue weighted by Crippen LogP contribution is -2.60. The number of likely N-dealkylation sites (tertiary alicyclic amines) is 1. The molecule has 1 aromatic carbocycles. The Morgan fingerprint density at radius 1 is 1.19 bits per heavy atom. The first-order valence-corrected chi connectivity index (χ1v) is 10.9. The molecule has 0 bridgehead atoms. The predicted octanol–water partition coefficient (Wildman–Crippen LogP) is 1.66. The lowest BCUT2D eigenvalue weighted by Gasteiger charge is -2.44. The number of carbonyl (C=O) groups excluding carboxylic acids is 3. The number of ether oxygens (including phenoxy) is 2. The summed E-state index contributed by atoms with van der Waals surface area (Å²) in [4.78, 5) is 42.3. The van der Waals surface area contributed by atoms with E-state index in [0.717, 1.165) is 0 Å². The van der Waals surface area contributed by atoms with Crippen LogP contribution in [0.5, 0.6) is 0 Å². The fraction of sp³-hybridized carbons (Fsp3) is 0.609. The van der Waals surface area contributed by atoms with Crippen molar-refractivity contribution in [2.75, 3.05) is 40.0 Å². The van der Waals surface area contributed by atoms with Gasteiger partial charge in [-0.1, -0.05) is 32.0 Å². The Kier molecular flexibility index (Phi) is 7.67. The normalized spacial score (nSPS) is 20.3. The molecule has 1 N–H and O–H groups in total. The molecule has 0 aromatic heterocycles. The van der Waals surface area contributed by atoms with Crippen molar-refractivity contribution in [3.05, 3.63) is 35.9 Å². The van der Waals surface area contributed by atoms with Gasteiger partial charge in [0.25, 0.3) is 5.91 Å². The van der Waals surface area contributed by atoms with Gasteiger partial charge in [0.2, 0.25) is 11.8 Å². The van der Waals surface area contributed by atoms with E-state index in [4.69, 9.17) is 9.47 Å². The topological polar surface area (TPSA) is 88.2 Å². The van der Waals surface area contributed by atoms with E-state index in [1.165, 1.54) is 0 Å². The van der Waals surface area contributed by atoms with E-state index >= 15 is 0 Å². The maximum atomic E-state index is 13.5. The van der Waals surface area contributed by atoms with Gasteiger partial charge in [0.1, 0.15) is 11.8 Å². The van der Waals surface area contributed by atoms with Crippen LogP contribution in [-0.2, 0) is 19.1 Å². The third-order valence-electron chi connectivity index (χ3n) is 5.89. The molecule has 170 valence electrons. The van der Waals surface area contributed by atoms with Gasteiger partial charge in [-0.15, -0.1) is 0 Å². The van der Waals surface area contributed by atoms with Gasteiger partial charge < -0.3 is 19.7 Å². The van der Waals surface area contributed by atoms with E-state index in [1.807, 2.05) is 24.8 Å². The summed E-state index contributed by atoms with van der Waals surface area (Å²) >= 11 is 0. The van der Waals surface area contributed by atoms with Crippen LogP contribution in [0.15, 0.2) is 30.3 Å². The van der Waals surface area contributed by atoms with Crippen molar-refractivity contribution in [3.8, 4) is 0 Å². The summed E-state index contributed by atoms with van der Waals surface area (Å²) in [5.41, 5.74) is -0.370. The number of methoxy groups -OCH3 is 1. The standard InChI is InChI=1S/C23H33N3O5/c1-17(2)15-20(27)25-12-9-23(10-13-25)26(22(29)18-7-5-4-6-8-18)19(16-31-23)21(28)24-11-14-30-3/h4-8,17,19H,9-16H2,1-3H3,(H,24,28)/t19-/m1/s1. The molecule has 8 heteroatoms. The third-order valence-corrected chi connectivity index (χ3v) is 5.89. The van der Waals surface area contributed by atoms with E-state index in [1.54, 1.807) is 36.3 Å². The largest absolute Gasteiger partial charge is 0.383 e. The van der Waals surface area contributed by atoms with Gasteiger partial charge in [-0.05, 0) is 18.1 Å². The van der Waals surface area contributed by atoms with Gasteiger partial charge in [0.05, 0.1) is 13.2 Å². The molecule has 3 rings (SSSR count). The maximum absolute atomic E-state index is 13.5. The molecule has 31 heavy (non-hydrogen) atoms. The molecular formula is C23H33N3O5. The zero-order valence-corrected chi connectivity index (χ0v) is 18.6. The smallest absolute Gasteiger partial charge is 0.256 e. The minimum atomic E-state index is -0.884. The highest BCUT2D eigenvalue weighted by Gasteiger charge is 2.54. The molecule has 2 heterocycles. The lowest BCUT2D eigenvalue weighted by atomic mass is 9.96. The number of rotatable bonds is 7. The van der Waals surface area contributed by atoms with Crippen LogP contribution in [0.25, 0.3) is 0 Å². The van der Waals surface area contributed by atoms with Crippen LogP contribution in [0.3, 0.4) is 0 Å². The summed E-state index contributed by atoms with van der Waals surface area (Å²) in [5, 5.41) is 2.83. The number of benzene rings is 1. The molecule has 0 unspecified atom stereocenters. The van der Waals surface area contributed by atoms with Gasteiger partial charge in [-0.3, -0.25) is 19.3 Å². The average molecular weight is 432 g/mol. The van der Waals surface area contributed by atoms with Crippen LogP contribution >= 0.6 is 0 Å². The Labute approximate surface area is 183 Å². The molecule has 1 aromatic rings. The quantitative estimate of drug-likeness (QED) is 0.664. The first kappa shape index (κ1) is 23.2. The highest BCUT2D eigenvalue weighted by Crippen LogP contribution is 2.38. The Balaban J connectivity index is 1.79.